The highest BCUT2D eigenvalue weighted by Crippen LogP contribution is 2.40. The molecule has 0 aromatic heterocycles. The van der Waals surface area contributed by atoms with Gasteiger partial charge in [-0.3, -0.25) is 0 Å². The summed E-state index contributed by atoms with van der Waals surface area (Å²) in [6.07, 6.45) is 0. The molecule has 0 bridgehead atoms. The third-order valence-corrected chi connectivity index (χ3v) is 9.85. The molecule has 0 amide bonds. The average molecular weight is 665 g/mol. The topological polar surface area (TPSA) is 6.48 Å². The third kappa shape index (κ3) is 5.97. The van der Waals surface area contributed by atoms with Gasteiger partial charge in [-0.25, -0.2) is 0 Å². The van der Waals surface area contributed by atoms with Crippen LogP contribution in [0.1, 0.15) is 0 Å². The molecule has 2 heteroatoms. The fraction of sp³-hybridized carbons (Fsp3) is 0. The Morgan fingerprint density at radius 2 is 0.500 bits per heavy atom. The predicted octanol–water partition coefficient (Wildman–Crippen LogP) is 14.3. The number of benzene rings is 9. The molecule has 9 aromatic rings. The Bertz CT molecular complexity index is 2400. The zero-order valence-corrected chi connectivity index (χ0v) is 28.7. The van der Waals surface area contributed by atoms with Crippen LogP contribution in [0, 0.1) is 0 Å². The second-order valence-corrected chi connectivity index (χ2v) is 13.0. The van der Waals surface area contributed by atoms with Crippen molar-refractivity contribution in [1.82, 2.24) is 0 Å². The van der Waals surface area contributed by atoms with E-state index in [1.165, 1.54) is 43.8 Å². The van der Waals surface area contributed by atoms with Crippen molar-refractivity contribution in [2.45, 2.75) is 0 Å². The highest BCUT2D eigenvalue weighted by atomic mass is 15.2. The summed E-state index contributed by atoms with van der Waals surface area (Å²) in [5, 5.41) is 5.03. The van der Waals surface area contributed by atoms with E-state index in [1.54, 1.807) is 0 Å². The molecule has 0 saturated carbocycles. The summed E-state index contributed by atoms with van der Waals surface area (Å²) in [7, 11) is 0. The zero-order chi connectivity index (χ0) is 34.7. The smallest absolute Gasteiger partial charge is 0.0463 e. The Balaban J connectivity index is 1.07. The number of fused-ring (bicyclic) bond motifs is 2. The Kier molecular flexibility index (Phi) is 8.24. The molecular formula is C50H36N2. The van der Waals surface area contributed by atoms with Gasteiger partial charge in [-0.15, -0.1) is 0 Å². The molecule has 0 atom stereocenters. The van der Waals surface area contributed by atoms with Crippen molar-refractivity contribution in [2.24, 2.45) is 0 Å². The van der Waals surface area contributed by atoms with Gasteiger partial charge >= 0.3 is 0 Å². The first-order valence-electron chi connectivity index (χ1n) is 17.8. The largest absolute Gasteiger partial charge is 0.311 e. The van der Waals surface area contributed by atoms with Crippen LogP contribution in [0.15, 0.2) is 218 Å². The molecule has 0 heterocycles. The lowest BCUT2D eigenvalue weighted by atomic mass is 9.98. The Labute approximate surface area is 305 Å². The van der Waals surface area contributed by atoms with E-state index >= 15 is 0 Å². The maximum Gasteiger partial charge on any atom is 0.0463 e. The molecule has 2 nitrogen and oxygen atoms in total. The number of hydrogen-bond acceptors (Lipinski definition) is 2. The van der Waals surface area contributed by atoms with Crippen molar-refractivity contribution in [3.05, 3.63) is 218 Å². The fourth-order valence-electron chi connectivity index (χ4n) is 7.33. The highest BCUT2D eigenvalue weighted by molar-refractivity contribution is 5.98. The summed E-state index contributed by atoms with van der Waals surface area (Å²) in [6, 6.07) is 78.2. The quantitative estimate of drug-likeness (QED) is 0.159. The number of anilines is 6. The number of rotatable bonds is 8. The molecule has 0 spiro atoms. The lowest BCUT2D eigenvalue weighted by molar-refractivity contribution is 1.26. The molecule has 9 aromatic carbocycles. The Morgan fingerprint density at radius 1 is 0.212 bits per heavy atom. The normalized spacial score (nSPS) is 11.1. The van der Waals surface area contributed by atoms with Gasteiger partial charge in [-0.1, -0.05) is 146 Å². The van der Waals surface area contributed by atoms with Gasteiger partial charge in [0.15, 0.2) is 0 Å². The Hall–Kier alpha value is -6.90. The first-order chi connectivity index (χ1) is 25.8. The van der Waals surface area contributed by atoms with Crippen LogP contribution in [0.5, 0.6) is 0 Å². The fourth-order valence-corrected chi connectivity index (χ4v) is 7.33. The van der Waals surface area contributed by atoms with E-state index in [1.807, 2.05) is 0 Å². The van der Waals surface area contributed by atoms with Gasteiger partial charge in [-0.05, 0) is 117 Å². The first kappa shape index (κ1) is 31.1. The van der Waals surface area contributed by atoms with Gasteiger partial charge in [0.2, 0.25) is 0 Å². The zero-order valence-electron chi connectivity index (χ0n) is 28.7. The van der Waals surface area contributed by atoms with Crippen LogP contribution in [0.3, 0.4) is 0 Å². The van der Waals surface area contributed by atoms with Gasteiger partial charge in [0, 0.05) is 34.1 Å². The van der Waals surface area contributed by atoms with Crippen molar-refractivity contribution in [3.8, 4) is 22.3 Å². The van der Waals surface area contributed by atoms with Crippen LogP contribution in [0.4, 0.5) is 34.1 Å². The third-order valence-electron chi connectivity index (χ3n) is 9.85. The van der Waals surface area contributed by atoms with Crippen molar-refractivity contribution in [2.75, 3.05) is 9.80 Å². The molecule has 0 aliphatic heterocycles. The maximum absolute atomic E-state index is 2.32. The summed E-state index contributed by atoms with van der Waals surface area (Å²) < 4.78 is 0. The van der Waals surface area contributed by atoms with Crippen LogP contribution < -0.4 is 9.80 Å². The molecular weight excluding hydrogens is 629 g/mol. The lowest BCUT2D eigenvalue weighted by Gasteiger charge is -2.28. The second kappa shape index (κ2) is 13.8. The Morgan fingerprint density at radius 3 is 0.885 bits per heavy atom. The van der Waals surface area contributed by atoms with E-state index < -0.39 is 0 Å². The number of hydrogen-bond donors (Lipinski definition) is 0. The molecule has 246 valence electrons. The molecule has 0 unspecified atom stereocenters. The van der Waals surface area contributed by atoms with E-state index in [0.29, 0.717) is 0 Å². The van der Waals surface area contributed by atoms with E-state index in [-0.39, 0.29) is 0 Å². The van der Waals surface area contributed by atoms with E-state index in [2.05, 4.69) is 228 Å². The van der Waals surface area contributed by atoms with Crippen LogP contribution in [0.2, 0.25) is 0 Å². The van der Waals surface area contributed by atoms with Crippen molar-refractivity contribution in [1.29, 1.82) is 0 Å². The van der Waals surface area contributed by atoms with Crippen LogP contribution >= 0.6 is 0 Å². The molecule has 52 heavy (non-hydrogen) atoms. The summed E-state index contributed by atoms with van der Waals surface area (Å²) in [6.45, 7) is 0. The van der Waals surface area contributed by atoms with E-state index in [4.69, 9.17) is 0 Å². The minimum atomic E-state index is 1.09. The number of para-hydroxylation sites is 2. The summed E-state index contributed by atoms with van der Waals surface area (Å²) in [5.74, 6) is 0. The van der Waals surface area contributed by atoms with Gasteiger partial charge in [-0.2, -0.15) is 0 Å². The van der Waals surface area contributed by atoms with Crippen molar-refractivity contribution < 1.29 is 0 Å². The number of nitrogens with zero attached hydrogens (tertiary/aromatic N) is 2. The van der Waals surface area contributed by atoms with Crippen molar-refractivity contribution >= 4 is 55.7 Å². The lowest BCUT2D eigenvalue weighted by Crippen LogP contribution is -2.12. The molecule has 0 aliphatic carbocycles. The minimum absolute atomic E-state index is 1.09. The van der Waals surface area contributed by atoms with Crippen molar-refractivity contribution in [3.63, 3.8) is 0 Å². The van der Waals surface area contributed by atoms with Gasteiger partial charge in [0.05, 0.1) is 0 Å². The molecule has 0 aliphatic rings. The SMILES string of the molecule is c1ccc(N(c2ccc(-c3cccc4ccccc34)cc2)c2ccc(N(c3ccccc3)c3ccc(-c4cccc5ccccc45)cc3)cc2)cc1. The van der Waals surface area contributed by atoms with Crippen LogP contribution in [0.25, 0.3) is 43.8 Å². The van der Waals surface area contributed by atoms with Crippen LogP contribution in [-0.4, -0.2) is 0 Å². The molecule has 0 saturated heterocycles. The highest BCUT2D eigenvalue weighted by Gasteiger charge is 2.17. The van der Waals surface area contributed by atoms with E-state index in [9.17, 15) is 0 Å². The maximum atomic E-state index is 2.32. The summed E-state index contributed by atoms with van der Waals surface area (Å²) in [4.78, 5) is 4.64. The molecule has 0 fully saturated rings. The second-order valence-electron chi connectivity index (χ2n) is 13.0. The van der Waals surface area contributed by atoms with Gasteiger partial charge in [0.25, 0.3) is 0 Å². The minimum Gasteiger partial charge on any atom is -0.311 e. The van der Waals surface area contributed by atoms with Gasteiger partial charge < -0.3 is 9.80 Å². The van der Waals surface area contributed by atoms with E-state index in [0.717, 1.165) is 34.1 Å². The van der Waals surface area contributed by atoms with Gasteiger partial charge in [0.1, 0.15) is 0 Å². The summed E-state index contributed by atoms with van der Waals surface area (Å²) in [5.41, 5.74) is 11.5. The standard InChI is InChI=1S/C50H36N2/c1-3-17-41(18-4-1)51(43-29-25-39(26-30-43)49-23-11-15-37-13-7-9-21-47(37)49)45-33-35-46(36-34-45)52(42-19-5-2-6-20-42)44-31-27-40(28-32-44)50-24-12-16-38-14-8-10-22-48(38)50/h1-36H. The summed E-state index contributed by atoms with van der Waals surface area (Å²) >= 11 is 0. The average Bonchev–Trinajstić information content (AvgIpc) is 3.23. The van der Waals surface area contributed by atoms with Crippen LogP contribution in [-0.2, 0) is 0 Å². The molecule has 0 N–H and O–H groups in total. The predicted molar refractivity (Wildman–Crippen MR) is 222 cm³/mol. The molecule has 0 radical (unpaired) electrons. The first-order valence-corrected chi connectivity index (χ1v) is 17.8. The monoisotopic (exact) mass is 664 g/mol. The molecule has 9 rings (SSSR count).